The molecule has 3 rings (SSSR count). The maximum Gasteiger partial charge on any atom is 0.00981 e. The number of hydrogen-bond acceptors (Lipinski definition) is 1. The van der Waals surface area contributed by atoms with Crippen LogP contribution in [0, 0.1) is 11.8 Å². The van der Waals surface area contributed by atoms with Crippen LogP contribution in [0.2, 0.25) is 0 Å². The van der Waals surface area contributed by atoms with Crippen LogP contribution in [-0.4, -0.2) is 12.1 Å². The highest BCUT2D eigenvalue weighted by molar-refractivity contribution is 4.95. The normalized spacial score (nSPS) is 48.0. The van der Waals surface area contributed by atoms with Crippen LogP contribution in [-0.2, 0) is 0 Å². The highest BCUT2D eigenvalue weighted by atomic mass is 15.0. The van der Waals surface area contributed by atoms with E-state index in [2.05, 4.69) is 5.32 Å². The molecule has 0 aromatic rings. The van der Waals surface area contributed by atoms with Gasteiger partial charge < -0.3 is 5.32 Å². The average molecular weight is 193 g/mol. The van der Waals surface area contributed by atoms with Gasteiger partial charge in [0.2, 0.25) is 0 Å². The van der Waals surface area contributed by atoms with E-state index in [1.165, 1.54) is 51.4 Å². The molecule has 2 aliphatic carbocycles. The Morgan fingerprint density at radius 1 is 0.643 bits per heavy atom. The zero-order valence-electron chi connectivity index (χ0n) is 9.17. The van der Waals surface area contributed by atoms with E-state index in [0.29, 0.717) is 0 Å². The summed E-state index contributed by atoms with van der Waals surface area (Å²) in [6.45, 7) is 0. The summed E-state index contributed by atoms with van der Waals surface area (Å²) in [5.41, 5.74) is 0. The third-order valence-corrected chi connectivity index (χ3v) is 4.85. The molecule has 1 aliphatic heterocycles. The van der Waals surface area contributed by atoms with Crippen molar-refractivity contribution in [3.8, 4) is 0 Å². The van der Waals surface area contributed by atoms with Crippen LogP contribution in [0.25, 0.3) is 0 Å². The van der Waals surface area contributed by atoms with Crippen molar-refractivity contribution >= 4 is 0 Å². The lowest BCUT2D eigenvalue weighted by molar-refractivity contribution is 0.0955. The molecule has 0 amide bonds. The Labute approximate surface area is 87.7 Å². The van der Waals surface area contributed by atoms with E-state index in [0.717, 1.165) is 23.9 Å². The van der Waals surface area contributed by atoms with E-state index in [4.69, 9.17) is 0 Å². The molecule has 80 valence electrons. The molecular formula is C13H23N. The highest BCUT2D eigenvalue weighted by Crippen LogP contribution is 2.40. The molecule has 1 nitrogen and oxygen atoms in total. The SMILES string of the molecule is C1CC[C@@H]2N[C@H]3CCCC[C@@H]3C[C@H]2C1. The Morgan fingerprint density at radius 3 is 1.71 bits per heavy atom. The van der Waals surface area contributed by atoms with Crippen LogP contribution in [0.5, 0.6) is 0 Å². The van der Waals surface area contributed by atoms with Crippen molar-refractivity contribution in [2.45, 2.75) is 69.9 Å². The van der Waals surface area contributed by atoms with Crippen LogP contribution >= 0.6 is 0 Å². The second kappa shape index (κ2) is 3.84. The van der Waals surface area contributed by atoms with E-state index in [1.54, 1.807) is 6.42 Å². The zero-order valence-corrected chi connectivity index (χ0v) is 9.17. The zero-order chi connectivity index (χ0) is 9.38. The summed E-state index contributed by atoms with van der Waals surface area (Å²) in [4.78, 5) is 0. The Hall–Kier alpha value is -0.0400. The summed E-state index contributed by atoms with van der Waals surface area (Å²) >= 11 is 0. The number of fused-ring (bicyclic) bond motifs is 2. The van der Waals surface area contributed by atoms with Crippen molar-refractivity contribution in [2.24, 2.45) is 11.8 Å². The minimum Gasteiger partial charge on any atom is -0.311 e. The quantitative estimate of drug-likeness (QED) is 0.623. The first-order valence-electron chi connectivity index (χ1n) is 6.69. The van der Waals surface area contributed by atoms with Gasteiger partial charge in [0.1, 0.15) is 0 Å². The standard InChI is InChI=1S/C13H23N/c1-3-7-12-10(5-1)9-11-6-2-4-8-13(11)14-12/h10-14H,1-9H2/t10-,11-,12+,13+/m1/s1. The van der Waals surface area contributed by atoms with Gasteiger partial charge in [-0.15, -0.1) is 0 Å². The highest BCUT2D eigenvalue weighted by Gasteiger charge is 2.38. The van der Waals surface area contributed by atoms with Gasteiger partial charge in [0.05, 0.1) is 0 Å². The average Bonchev–Trinajstić information content (AvgIpc) is 2.26. The third kappa shape index (κ3) is 1.60. The molecular weight excluding hydrogens is 170 g/mol. The summed E-state index contributed by atoms with van der Waals surface area (Å²) in [5.74, 6) is 2.09. The Bertz CT molecular complexity index is 159. The van der Waals surface area contributed by atoms with E-state index < -0.39 is 0 Å². The van der Waals surface area contributed by atoms with Crippen molar-refractivity contribution < 1.29 is 0 Å². The van der Waals surface area contributed by atoms with Crippen molar-refractivity contribution in [2.75, 3.05) is 0 Å². The summed E-state index contributed by atoms with van der Waals surface area (Å²) in [6, 6.07) is 1.81. The minimum absolute atomic E-state index is 0.906. The summed E-state index contributed by atoms with van der Waals surface area (Å²) < 4.78 is 0. The van der Waals surface area contributed by atoms with Crippen molar-refractivity contribution in [1.29, 1.82) is 0 Å². The molecule has 0 spiro atoms. The maximum atomic E-state index is 3.96. The Balaban J connectivity index is 1.68. The number of piperidine rings is 1. The van der Waals surface area contributed by atoms with Crippen LogP contribution in [0.4, 0.5) is 0 Å². The van der Waals surface area contributed by atoms with E-state index in [-0.39, 0.29) is 0 Å². The second-order valence-corrected chi connectivity index (χ2v) is 5.70. The fourth-order valence-electron chi connectivity index (χ4n) is 4.08. The molecule has 1 heterocycles. The number of hydrogen-bond donors (Lipinski definition) is 1. The molecule has 1 N–H and O–H groups in total. The lowest BCUT2D eigenvalue weighted by Crippen LogP contribution is -2.54. The first-order valence-corrected chi connectivity index (χ1v) is 6.69. The molecule has 3 fully saturated rings. The first kappa shape index (κ1) is 9.21. The molecule has 0 bridgehead atoms. The van der Waals surface area contributed by atoms with Gasteiger partial charge in [0.15, 0.2) is 0 Å². The molecule has 4 atom stereocenters. The van der Waals surface area contributed by atoms with Gasteiger partial charge in [-0.3, -0.25) is 0 Å². The van der Waals surface area contributed by atoms with Gasteiger partial charge in [-0.05, 0) is 43.9 Å². The minimum atomic E-state index is 0.906. The molecule has 2 saturated carbocycles. The predicted octanol–water partition coefficient (Wildman–Crippen LogP) is 3.10. The van der Waals surface area contributed by atoms with Crippen LogP contribution in [0.3, 0.4) is 0 Å². The van der Waals surface area contributed by atoms with Gasteiger partial charge in [0.25, 0.3) is 0 Å². The Morgan fingerprint density at radius 2 is 1.14 bits per heavy atom. The van der Waals surface area contributed by atoms with Crippen LogP contribution < -0.4 is 5.32 Å². The third-order valence-electron chi connectivity index (χ3n) is 4.85. The molecule has 0 radical (unpaired) electrons. The lowest BCUT2D eigenvalue weighted by Gasteiger charge is -2.47. The molecule has 1 heteroatoms. The molecule has 0 aromatic carbocycles. The van der Waals surface area contributed by atoms with Gasteiger partial charge in [0, 0.05) is 12.1 Å². The predicted molar refractivity (Wildman–Crippen MR) is 59.2 cm³/mol. The van der Waals surface area contributed by atoms with Gasteiger partial charge in [-0.25, -0.2) is 0 Å². The number of nitrogens with one attached hydrogen (secondary N) is 1. The number of rotatable bonds is 0. The smallest absolute Gasteiger partial charge is 0.00981 e. The summed E-state index contributed by atoms with van der Waals surface area (Å²) in [5, 5.41) is 3.96. The van der Waals surface area contributed by atoms with E-state index in [9.17, 15) is 0 Å². The maximum absolute atomic E-state index is 3.96. The van der Waals surface area contributed by atoms with E-state index >= 15 is 0 Å². The van der Waals surface area contributed by atoms with Crippen LogP contribution in [0.1, 0.15) is 57.8 Å². The first-order chi connectivity index (χ1) is 6.93. The van der Waals surface area contributed by atoms with Crippen LogP contribution in [0.15, 0.2) is 0 Å². The molecule has 1 saturated heterocycles. The second-order valence-electron chi connectivity index (χ2n) is 5.70. The van der Waals surface area contributed by atoms with Gasteiger partial charge >= 0.3 is 0 Å². The van der Waals surface area contributed by atoms with Crippen molar-refractivity contribution in [3.05, 3.63) is 0 Å². The molecule has 14 heavy (non-hydrogen) atoms. The molecule has 0 aromatic heterocycles. The Kier molecular flexibility index (Phi) is 2.53. The monoisotopic (exact) mass is 193 g/mol. The van der Waals surface area contributed by atoms with E-state index in [1.807, 2.05) is 0 Å². The van der Waals surface area contributed by atoms with Crippen molar-refractivity contribution in [3.63, 3.8) is 0 Å². The fraction of sp³-hybridized carbons (Fsp3) is 1.00. The van der Waals surface area contributed by atoms with Crippen molar-refractivity contribution in [1.82, 2.24) is 5.32 Å². The fourth-order valence-corrected chi connectivity index (χ4v) is 4.08. The largest absolute Gasteiger partial charge is 0.311 e. The van der Waals surface area contributed by atoms with Gasteiger partial charge in [-0.2, -0.15) is 0 Å². The lowest BCUT2D eigenvalue weighted by atomic mass is 9.69. The summed E-state index contributed by atoms with van der Waals surface area (Å²) in [7, 11) is 0. The molecule has 0 unspecified atom stereocenters. The topological polar surface area (TPSA) is 12.0 Å². The van der Waals surface area contributed by atoms with Gasteiger partial charge in [-0.1, -0.05) is 25.7 Å². The molecule has 3 aliphatic rings. The summed E-state index contributed by atoms with van der Waals surface area (Å²) in [6.07, 6.45) is 13.5.